The van der Waals surface area contributed by atoms with Crippen LogP contribution in [-0.2, 0) is 22.3 Å². The van der Waals surface area contributed by atoms with E-state index in [9.17, 15) is 43.5 Å². The third-order valence-corrected chi connectivity index (χ3v) is 7.27. The Morgan fingerprint density at radius 2 is 1.45 bits per heavy atom. The topological polar surface area (TPSA) is 137 Å². The molecule has 8 nitrogen and oxygen atoms in total. The van der Waals surface area contributed by atoms with E-state index < -0.39 is 55.0 Å². The molecule has 0 spiro atoms. The van der Waals surface area contributed by atoms with E-state index >= 15 is 0 Å². The van der Waals surface area contributed by atoms with E-state index in [-0.39, 0.29) is 12.2 Å². The summed E-state index contributed by atoms with van der Waals surface area (Å²) in [6.45, 7) is -0.607. The van der Waals surface area contributed by atoms with Crippen LogP contribution < -0.4 is 0 Å². The van der Waals surface area contributed by atoms with Crippen molar-refractivity contribution in [3.05, 3.63) is 95.6 Å². The maximum absolute atomic E-state index is 13.0. The Balaban J connectivity index is 1.40. The van der Waals surface area contributed by atoms with E-state index in [2.05, 4.69) is 0 Å². The lowest BCUT2D eigenvalue weighted by Crippen LogP contribution is -2.59. The molecule has 11 heteroatoms. The Kier molecular flexibility index (Phi) is 8.33. The van der Waals surface area contributed by atoms with Gasteiger partial charge in [-0.3, -0.25) is 0 Å². The van der Waals surface area contributed by atoms with Gasteiger partial charge in [0.2, 0.25) is 0 Å². The lowest BCUT2D eigenvalue weighted by molar-refractivity contribution is -0.304. The molecule has 0 bridgehead atoms. The number of halogens is 3. The lowest BCUT2D eigenvalue weighted by atomic mass is 9.92. The van der Waals surface area contributed by atoms with E-state index in [1.165, 1.54) is 18.2 Å². The Morgan fingerprint density at radius 1 is 0.810 bits per heavy atom. The summed E-state index contributed by atoms with van der Waals surface area (Å²) in [6, 6.07) is 20.1. The molecule has 220 valence electrons. The highest BCUT2D eigenvalue weighted by Crippen LogP contribution is 2.35. The standard InChI is InChI=1S/C31H27F3O8/c32-31(33,34)22-8-5-17(6-9-22)19-7-10-23-20(11-19)12-21(29(39)40)13-24(23)18-3-1-16(2-4-18)15-41-30-28(38)27(37)26(36)25(14-35)42-30/h1-13,25-28,30,35-38H,14-15H2,(H,39,40). The summed E-state index contributed by atoms with van der Waals surface area (Å²) in [5, 5.41) is 50.4. The Labute approximate surface area is 237 Å². The van der Waals surface area contributed by atoms with Gasteiger partial charge in [0.05, 0.1) is 24.3 Å². The summed E-state index contributed by atoms with van der Waals surface area (Å²) in [7, 11) is 0. The van der Waals surface area contributed by atoms with Crippen LogP contribution in [-0.4, -0.2) is 68.8 Å². The Morgan fingerprint density at radius 3 is 2.07 bits per heavy atom. The third-order valence-electron chi connectivity index (χ3n) is 7.27. The van der Waals surface area contributed by atoms with Crippen molar-refractivity contribution in [1.29, 1.82) is 0 Å². The highest BCUT2D eigenvalue weighted by molar-refractivity contribution is 6.04. The predicted octanol–water partition coefficient (Wildman–Crippen LogP) is 4.21. The van der Waals surface area contributed by atoms with Crippen LogP contribution in [0.25, 0.3) is 33.0 Å². The van der Waals surface area contributed by atoms with Gasteiger partial charge in [0.15, 0.2) is 6.29 Å². The first-order valence-electron chi connectivity index (χ1n) is 13.0. The van der Waals surface area contributed by atoms with E-state index in [4.69, 9.17) is 9.47 Å². The van der Waals surface area contributed by atoms with Gasteiger partial charge in [-0.25, -0.2) is 4.79 Å². The summed E-state index contributed by atoms with van der Waals surface area (Å²) in [6.07, 6.45) is -11.4. The van der Waals surface area contributed by atoms with Crippen LogP contribution in [0.5, 0.6) is 0 Å². The van der Waals surface area contributed by atoms with Gasteiger partial charge < -0.3 is 35.0 Å². The Bertz CT molecular complexity index is 1570. The maximum atomic E-state index is 13.0. The van der Waals surface area contributed by atoms with Gasteiger partial charge in [-0.1, -0.05) is 48.5 Å². The fourth-order valence-corrected chi connectivity index (χ4v) is 4.93. The number of fused-ring (bicyclic) bond motifs is 1. The maximum Gasteiger partial charge on any atom is 0.416 e. The second-order valence-corrected chi connectivity index (χ2v) is 10.0. The van der Waals surface area contributed by atoms with Gasteiger partial charge in [-0.2, -0.15) is 13.2 Å². The van der Waals surface area contributed by atoms with Crippen molar-refractivity contribution in [3.63, 3.8) is 0 Å². The van der Waals surface area contributed by atoms with Crippen molar-refractivity contribution in [1.82, 2.24) is 0 Å². The van der Waals surface area contributed by atoms with Crippen LogP contribution in [0.3, 0.4) is 0 Å². The summed E-state index contributed by atoms with van der Waals surface area (Å²) < 4.78 is 49.9. The number of aliphatic hydroxyl groups excluding tert-OH is 4. The normalized spacial score (nSPS) is 22.8. The number of alkyl halides is 3. The number of hydrogen-bond acceptors (Lipinski definition) is 7. The van der Waals surface area contributed by atoms with Gasteiger partial charge in [0, 0.05) is 0 Å². The molecule has 1 aliphatic heterocycles. The fraction of sp³-hybridized carbons (Fsp3) is 0.258. The van der Waals surface area contributed by atoms with E-state index in [0.717, 1.165) is 17.5 Å². The molecule has 1 heterocycles. The first-order valence-corrected chi connectivity index (χ1v) is 13.0. The molecule has 5 N–H and O–H groups in total. The first kappa shape index (κ1) is 29.6. The van der Waals surface area contributed by atoms with E-state index in [1.54, 1.807) is 48.5 Å². The molecule has 1 fully saturated rings. The molecular weight excluding hydrogens is 557 g/mol. The van der Waals surface area contributed by atoms with E-state index in [0.29, 0.717) is 33.2 Å². The number of aromatic carboxylic acids is 1. The molecule has 0 aliphatic carbocycles. The highest BCUT2D eigenvalue weighted by atomic mass is 19.4. The average molecular weight is 585 g/mol. The van der Waals surface area contributed by atoms with Crippen molar-refractivity contribution in [2.24, 2.45) is 0 Å². The molecule has 1 saturated heterocycles. The molecule has 5 atom stereocenters. The monoisotopic (exact) mass is 584 g/mol. The van der Waals surface area contributed by atoms with Crippen molar-refractivity contribution < 1.29 is 53.0 Å². The second-order valence-electron chi connectivity index (χ2n) is 10.0. The zero-order valence-electron chi connectivity index (χ0n) is 21.9. The number of hydrogen-bond donors (Lipinski definition) is 5. The van der Waals surface area contributed by atoms with Crippen molar-refractivity contribution in [3.8, 4) is 22.3 Å². The fourth-order valence-electron chi connectivity index (χ4n) is 4.93. The molecule has 0 radical (unpaired) electrons. The van der Waals surface area contributed by atoms with Gasteiger partial charge in [-0.15, -0.1) is 0 Å². The first-order chi connectivity index (χ1) is 20.0. The van der Waals surface area contributed by atoms with Crippen LogP contribution in [0.1, 0.15) is 21.5 Å². The molecule has 42 heavy (non-hydrogen) atoms. The minimum Gasteiger partial charge on any atom is -0.478 e. The van der Waals surface area contributed by atoms with Crippen LogP contribution in [0.2, 0.25) is 0 Å². The summed E-state index contributed by atoms with van der Waals surface area (Å²) in [5.74, 6) is -1.14. The number of rotatable bonds is 7. The SMILES string of the molecule is O=C(O)c1cc(-c2ccc(COC3OC(CO)C(O)C(O)C3O)cc2)c2ccc(-c3ccc(C(F)(F)F)cc3)cc2c1. The molecule has 5 rings (SSSR count). The summed E-state index contributed by atoms with van der Waals surface area (Å²) in [5.41, 5.74) is 2.45. The van der Waals surface area contributed by atoms with Crippen LogP contribution >= 0.6 is 0 Å². The molecule has 5 unspecified atom stereocenters. The van der Waals surface area contributed by atoms with Gasteiger partial charge in [-0.05, 0) is 68.9 Å². The lowest BCUT2D eigenvalue weighted by Gasteiger charge is -2.39. The van der Waals surface area contributed by atoms with Crippen LogP contribution in [0.15, 0.2) is 78.9 Å². The molecule has 4 aromatic rings. The van der Waals surface area contributed by atoms with Crippen LogP contribution in [0.4, 0.5) is 13.2 Å². The highest BCUT2D eigenvalue weighted by Gasteiger charge is 2.44. The molecular formula is C31H27F3O8. The van der Waals surface area contributed by atoms with E-state index in [1.807, 2.05) is 0 Å². The number of ether oxygens (including phenoxy) is 2. The van der Waals surface area contributed by atoms with Crippen molar-refractivity contribution in [2.75, 3.05) is 6.61 Å². The smallest absolute Gasteiger partial charge is 0.416 e. The quantitative estimate of drug-likeness (QED) is 0.218. The average Bonchev–Trinajstić information content (AvgIpc) is 2.98. The third kappa shape index (κ3) is 6.02. The van der Waals surface area contributed by atoms with Crippen molar-refractivity contribution >= 4 is 16.7 Å². The largest absolute Gasteiger partial charge is 0.478 e. The summed E-state index contributed by atoms with van der Waals surface area (Å²) >= 11 is 0. The molecule has 0 aromatic heterocycles. The molecule has 0 saturated carbocycles. The number of benzene rings is 4. The number of carboxylic acids is 1. The summed E-state index contributed by atoms with van der Waals surface area (Å²) in [4.78, 5) is 11.9. The Hall–Kier alpha value is -3.84. The zero-order valence-corrected chi connectivity index (χ0v) is 21.9. The second kappa shape index (κ2) is 11.8. The molecule has 1 aliphatic rings. The number of carbonyl (C=O) groups is 1. The van der Waals surface area contributed by atoms with Crippen LogP contribution in [0, 0.1) is 0 Å². The predicted molar refractivity (Wildman–Crippen MR) is 145 cm³/mol. The van der Waals surface area contributed by atoms with Gasteiger partial charge in [0.1, 0.15) is 24.4 Å². The molecule has 4 aromatic carbocycles. The zero-order chi connectivity index (χ0) is 30.2. The van der Waals surface area contributed by atoms with Crippen molar-refractivity contribution in [2.45, 2.75) is 43.5 Å². The minimum atomic E-state index is -4.45. The minimum absolute atomic E-state index is 0.0324. The number of carboxylic acid groups (broad SMARTS) is 1. The van der Waals surface area contributed by atoms with Gasteiger partial charge >= 0.3 is 12.1 Å². The number of aliphatic hydroxyl groups is 4. The van der Waals surface area contributed by atoms with Gasteiger partial charge in [0.25, 0.3) is 0 Å². The molecule has 0 amide bonds.